The molecule has 0 unspecified atom stereocenters. The highest BCUT2D eigenvalue weighted by atomic mass is 32.2. The number of nitrogens with one attached hydrogen (secondary N) is 2. The van der Waals surface area contributed by atoms with E-state index < -0.39 is 16.1 Å². The molecule has 0 atom stereocenters. The fraction of sp³-hybridized carbons (Fsp3) is 0.0556. The van der Waals surface area contributed by atoms with E-state index in [-0.39, 0.29) is 4.90 Å². The molecule has 6 nitrogen and oxygen atoms in total. The second kappa shape index (κ2) is 6.82. The van der Waals surface area contributed by atoms with E-state index in [0.29, 0.717) is 11.4 Å². The summed E-state index contributed by atoms with van der Waals surface area (Å²) in [5.41, 5.74) is 0.757. The molecule has 128 valence electrons. The molecule has 0 bridgehead atoms. The molecule has 0 aliphatic carbocycles. The summed E-state index contributed by atoms with van der Waals surface area (Å²) in [4.78, 5) is 11.4. The van der Waals surface area contributed by atoms with Crippen molar-refractivity contribution in [2.75, 3.05) is 17.1 Å². The summed E-state index contributed by atoms with van der Waals surface area (Å²) in [7, 11) is -2.50. The van der Waals surface area contributed by atoms with Gasteiger partial charge in [0.15, 0.2) is 0 Å². The first kappa shape index (κ1) is 16.8. The number of carbonyl (C=O) groups excluding carboxylic acids is 1. The molecule has 3 aromatic carbocycles. The molecular formula is C18H16N2O4S. The van der Waals surface area contributed by atoms with E-state index in [1.807, 2.05) is 24.3 Å². The van der Waals surface area contributed by atoms with Gasteiger partial charge in [0.05, 0.1) is 17.7 Å². The summed E-state index contributed by atoms with van der Waals surface area (Å²) in [6, 6.07) is 18.8. The lowest BCUT2D eigenvalue weighted by atomic mass is 10.1. The van der Waals surface area contributed by atoms with E-state index in [4.69, 9.17) is 0 Å². The maximum atomic E-state index is 12.6. The molecule has 0 fully saturated rings. The Morgan fingerprint density at radius 1 is 0.880 bits per heavy atom. The Morgan fingerprint density at radius 3 is 2.36 bits per heavy atom. The Hall–Kier alpha value is -3.06. The molecule has 0 saturated carbocycles. The fourth-order valence-corrected chi connectivity index (χ4v) is 3.46. The third-order valence-electron chi connectivity index (χ3n) is 3.58. The van der Waals surface area contributed by atoms with E-state index in [9.17, 15) is 13.2 Å². The topological polar surface area (TPSA) is 84.5 Å². The second-order valence-corrected chi connectivity index (χ2v) is 6.99. The van der Waals surface area contributed by atoms with Gasteiger partial charge >= 0.3 is 6.09 Å². The third-order valence-corrected chi connectivity index (χ3v) is 4.96. The Bertz CT molecular complexity index is 1030. The molecule has 0 saturated heterocycles. The van der Waals surface area contributed by atoms with E-state index in [0.717, 1.165) is 10.8 Å². The first-order chi connectivity index (χ1) is 12.0. The molecule has 0 aliphatic rings. The van der Waals surface area contributed by atoms with Gasteiger partial charge in [0, 0.05) is 5.69 Å². The number of rotatable bonds is 4. The van der Waals surface area contributed by atoms with Crippen molar-refractivity contribution in [3.8, 4) is 0 Å². The summed E-state index contributed by atoms with van der Waals surface area (Å²) < 4.78 is 32.3. The summed E-state index contributed by atoms with van der Waals surface area (Å²) in [5.74, 6) is 0. The van der Waals surface area contributed by atoms with Crippen LogP contribution in [0.2, 0.25) is 0 Å². The lowest BCUT2D eigenvalue weighted by Gasteiger charge is -2.10. The van der Waals surface area contributed by atoms with Crippen molar-refractivity contribution in [2.45, 2.75) is 4.90 Å². The van der Waals surface area contributed by atoms with E-state index >= 15 is 0 Å². The van der Waals surface area contributed by atoms with E-state index in [1.54, 1.807) is 36.4 Å². The van der Waals surface area contributed by atoms with Crippen LogP contribution < -0.4 is 10.0 Å². The molecule has 0 spiro atoms. The van der Waals surface area contributed by atoms with E-state index in [1.165, 1.54) is 13.2 Å². The molecule has 7 heteroatoms. The first-order valence-corrected chi connectivity index (χ1v) is 8.93. The van der Waals surface area contributed by atoms with Gasteiger partial charge < -0.3 is 4.74 Å². The smallest absolute Gasteiger partial charge is 0.411 e. The van der Waals surface area contributed by atoms with Gasteiger partial charge in [-0.1, -0.05) is 36.4 Å². The number of benzene rings is 3. The lowest BCUT2D eigenvalue weighted by molar-refractivity contribution is 0.187. The molecule has 0 heterocycles. The summed E-state index contributed by atoms with van der Waals surface area (Å²) in [6.45, 7) is 0. The normalized spacial score (nSPS) is 11.1. The van der Waals surface area contributed by atoms with Gasteiger partial charge in [0.25, 0.3) is 10.0 Å². The number of methoxy groups -OCH3 is 1. The predicted octanol–water partition coefficient (Wildman–Crippen LogP) is 3.82. The van der Waals surface area contributed by atoms with Gasteiger partial charge in [0.1, 0.15) is 0 Å². The zero-order valence-electron chi connectivity index (χ0n) is 13.4. The highest BCUT2D eigenvalue weighted by Gasteiger charge is 2.15. The lowest BCUT2D eigenvalue weighted by Crippen LogP contribution is -2.14. The van der Waals surface area contributed by atoms with Gasteiger partial charge in [-0.3, -0.25) is 10.0 Å². The maximum Gasteiger partial charge on any atom is 0.411 e. The second-order valence-electron chi connectivity index (χ2n) is 5.31. The molecular weight excluding hydrogens is 340 g/mol. The average molecular weight is 356 g/mol. The molecule has 2 N–H and O–H groups in total. The number of amides is 1. The zero-order chi connectivity index (χ0) is 17.9. The molecule has 1 amide bonds. The molecule has 0 radical (unpaired) electrons. The number of anilines is 2. The zero-order valence-corrected chi connectivity index (χ0v) is 14.2. The maximum absolute atomic E-state index is 12.6. The molecule has 25 heavy (non-hydrogen) atoms. The Kier molecular flexibility index (Phi) is 4.58. The van der Waals surface area contributed by atoms with Crippen LogP contribution in [0.15, 0.2) is 71.6 Å². The van der Waals surface area contributed by atoms with Crippen molar-refractivity contribution in [2.24, 2.45) is 0 Å². The van der Waals surface area contributed by atoms with Crippen LogP contribution >= 0.6 is 0 Å². The van der Waals surface area contributed by atoms with Crippen molar-refractivity contribution < 1.29 is 17.9 Å². The standard InChI is InChI=1S/C18H16N2O4S/c1-24-18(21)19-15-7-4-8-16(12-15)20-25(22,23)17-10-9-13-5-2-3-6-14(13)11-17/h2-12,20H,1H3,(H,19,21). The molecule has 3 aromatic rings. The van der Waals surface area contributed by atoms with Crippen LogP contribution in [0, 0.1) is 0 Å². The minimum atomic E-state index is -3.75. The number of hydrogen-bond acceptors (Lipinski definition) is 4. The van der Waals surface area contributed by atoms with Gasteiger partial charge in [-0.15, -0.1) is 0 Å². The van der Waals surface area contributed by atoms with Crippen molar-refractivity contribution in [3.63, 3.8) is 0 Å². The Morgan fingerprint density at radius 2 is 1.60 bits per heavy atom. The first-order valence-electron chi connectivity index (χ1n) is 7.44. The number of fused-ring (bicyclic) bond motifs is 1. The van der Waals surface area contributed by atoms with Crippen molar-refractivity contribution >= 4 is 38.3 Å². The van der Waals surface area contributed by atoms with E-state index in [2.05, 4.69) is 14.8 Å². The highest BCUT2D eigenvalue weighted by molar-refractivity contribution is 7.92. The van der Waals surface area contributed by atoms with Crippen LogP contribution in [0.1, 0.15) is 0 Å². The quantitative estimate of drug-likeness (QED) is 0.744. The monoisotopic (exact) mass is 356 g/mol. The molecule has 3 rings (SSSR count). The van der Waals surface area contributed by atoms with Crippen molar-refractivity contribution in [3.05, 3.63) is 66.7 Å². The fourth-order valence-electron chi connectivity index (χ4n) is 2.38. The van der Waals surface area contributed by atoms with Crippen LogP contribution in [0.4, 0.5) is 16.2 Å². The predicted molar refractivity (Wildman–Crippen MR) is 97.2 cm³/mol. The molecule has 0 aromatic heterocycles. The van der Waals surface area contributed by atoms with Crippen LogP contribution in [0.3, 0.4) is 0 Å². The van der Waals surface area contributed by atoms with Crippen LogP contribution in [-0.2, 0) is 14.8 Å². The van der Waals surface area contributed by atoms with Gasteiger partial charge in [-0.2, -0.15) is 0 Å². The van der Waals surface area contributed by atoms with Crippen LogP contribution in [0.25, 0.3) is 10.8 Å². The number of carbonyl (C=O) groups is 1. The average Bonchev–Trinajstić information content (AvgIpc) is 2.61. The highest BCUT2D eigenvalue weighted by Crippen LogP contribution is 2.23. The minimum absolute atomic E-state index is 0.164. The number of hydrogen-bond donors (Lipinski definition) is 2. The Balaban J connectivity index is 1.87. The van der Waals surface area contributed by atoms with Crippen molar-refractivity contribution in [1.82, 2.24) is 0 Å². The summed E-state index contributed by atoms with van der Waals surface area (Å²) >= 11 is 0. The SMILES string of the molecule is COC(=O)Nc1cccc(NS(=O)(=O)c2ccc3ccccc3c2)c1. The summed E-state index contributed by atoms with van der Waals surface area (Å²) in [5, 5.41) is 4.29. The van der Waals surface area contributed by atoms with Crippen molar-refractivity contribution in [1.29, 1.82) is 0 Å². The Labute approximate surface area is 145 Å². The number of ether oxygens (including phenoxy) is 1. The van der Waals surface area contributed by atoms with Crippen LogP contribution in [-0.4, -0.2) is 21.6 Å². The van der Waals surface area contributed by atoms with Crippen LogP contribution in [0.5, 0.6) is 0 Å². The third kappa shape index (κ3) is 3.89. The minimum Gasteiger partial charge on any atom is -0.453 e. The van der Waals surface area contributed by atoms with Gasteiger partial charge in [0.2, 0.25) is 0 Å². The van der Waals surface area contributed by atoms with Gasteiger partial charge in [-0.25, -0.2) is 13.2 Å². The van der Waals surface area contributed by atoms with Gasteiger partial charge in [-0.05, 0) is 41.1 Å². The molecule has 0 aliphatic heterocycles. The number of sulfonamides is 1. The largest absolute Gasteiger partial charge is 0.453 e. The summed E-state index contributed by atoms with van der Waals surface area (Å²) in [6.07, 6.45) is -0.630.